The van der Waals surface area contributed by atoms with E-state index in [2.05, 4.69) is 41.2 Å². The van der Waals surface area contributed by atoms with Crippen molar-refractivity contribution in [2.45, 2.75) is 118 Å². The molecule has 0 saturated heterocycles. The van der Waals surface area contributed by atoms with Crippen LogP contribution in [0.3, 0.4) is 0 Å². The number of carbonyl (C=O) groups excluding carboxylic acids is 1. The number of hydrogen-bond donors (Lipinski definition) is 2. The molecule has 0 aromatic heterocycles. The molecule has 0 spiro atoms. The fourth-order valence-electron chi connectivity index (χ4n) is 5.00. The molecule has 42 heavy (non-hydrogen) atoms. The number of aliphatic imine (C=N–C) groups is 1. The third kappa shape index (κ3) is 10.1. The summed E-state index contributed by atoms with van der Waals surface area (Å²) in [6.45, 7) is 17.2. The zero-order chi connectivity index (χ0) is 31.6. The van der Waals surface area contributed by atoms with Gasteiger partial charge in [-0.15, -0.1) is 0 Å². The summed E-state index contributed by atoms with van der Waals surface area (Å²) < 4.78 is 42.3. The molecule has 1 heterocycles. The number of hydrazone groups is 1. The van der Waals surface area contributed by atoms with Crippen LogP contribution >= 0.6 is 12.2 Å². The summed E-state index contributed by atoms with van der Waals surface area (Å²) in [5.41, 5.74) is 4.70. The monoisotopic (exact) mass is 622 g/mol. The smallest absolute Gasteiger partial charge is 0.297 e. The topological polar surface area (TPSA) is 121 Å². The Kier molecular flexibility index (Phi) is 14.0. The number of anilines is 2. The van der Waals surface area contributed by atoms with E-state index in [0.717, 1.165) is 44.3 Å². The van der Waals surface area contributed by atoms with Crippen molar-refractivity contribution in [2.75, 3.05) is 23.5 Å². The molecular weight excluding hydrogens is 572 g/mol. The minimum Gasteiger partial charge on any atom is -0.491 e. The van der Waals surface area contributed by atoms with E-state index in [9.17, 15) is 17.8 Å². The summed E-state index contributed by atoms with van der Waals surface area (Å²) >= 11 is 5.50. The van der Waals surface area contributed by atoms with Gasteiger partial charge >= 0.3 is 0 Å². The highest BCUT2D eigenvalue weighted by molar-refractivity contribution is 7.86. The molecule has 9 nitrogen and oxygen atoms in total. The van der Waals surface area contributed by atoms with Gasteiger partial charge in [-0.3, -0.25) is 14.8 Å². The number of amidine groups is 1. The largest absolute Gasteiger partial charge is 0.491 e. The van der Waals surface area contributed by atoms with Gasteiger partial charge < -0.3 is 9.64 Å². The number of fused-ring (bicyclic) bond motifs is 1. The predicted octanol–water partition coefficient (Wildman–Crippen LogP) is 7.27. The molecule has 2 rings (SSSR count). The van der Waals surface area contributed by atoms with Gasteiger partial charge in [0, 0.05) is 30.6 Å². The fraction of sp³-hybridized carbons (Fsp3) is 0.677. The number of ether oxygens (including phenoxy) is 1. The first-order valence-corrected chi connectivity index (χ1v) is 17.1. The van der Waals surface area contributed by atoms with Crippen molar-refractivity contribution in [3.05, 3.63) is 11.6 Å². The third-order valence-electron chi connectivity index (χ3n) is 7.06. The number of thiocarbonyl (C=S) groups is 1. The van der Waals surface area contributed by atoms with E-state index < -0.39 is 10.1 Å². The minimum atomic E-state index is -4.62. The molecule has 0 aliphatic carbocycles. The second-order valence-corrected chi connectivity index (χ2v) is 13.7. The van der Waals surface area contributed by atoms with Crippen LogP contribution in [0.5, 0.6) is 5.75 Å². The summed E-state index contributed by atoms with van der Waals surface area (Å²) in [5, 5.41) is 4.35. The molecule has 1 aliphatic rings. The van der Waals surface area contributed by atoms with E-state index in [-0.39, 0.29) is 44.9 Å². The van der Waals surface area contributed by atoms with Gasteiger partial charge in [-0.05, 0) is 57.8 Å². The normalized spacial score (nSPS) is 16.2. The molecule has 1 atom stereocenters. The summed E-state index contributed by atoms with van der Waals surface area (Å²) in [5.74, 6) is 1.09. The van der Waals surface area contributed by atoms with E-state index in [1.165, 1.54) is 0 Å². The fourth-order valence-corrected chi connectivity index (χ4v) is 6.10. The first kappa shape index (κ1) is 35.8. The van der Waals surface area contributed by atoms with Gasteiger partial charge in [-0.2, -0.15) is 13.5 Å². The summed E-state index contributed by atoms with van der Waals surface area (Å²) in [4.78, 5) is 19.5. The number of Topliss-reactive ketones (excluding diaryl/α,β-unsaturated/α-hetero) is 1. The zero-order valence-corrected chi connectivity index (χ0v) is 28.3. The van der Waals surface area contributed by atoms with E-state index >= 15 is 0 Å². The van der Waals surface area contributed by atoms with E-state index in [1.54, 1.807) is 13.0 Å². The van der Waals surface area contributed by atoms with Crippen molar-refractivity contribution < 1.29 is 22.5 Å². The number of carbonyl (C=O) groups is 1. The molecule has 11 heteroatoms. The number of benzene rings is 1. The summed E-state index contributed by atoms with van der Waals surface area (Å²) in [6, 6.07) is 1.81. The van der Waals surface area contributed by atoms with Crippen LogP contribution in [0.25, 0.3) is 0 Å². The minimum absolute atomic E-state index is 0.117. The Hall–Kier alpha value is -2.37. The van der Waals surface area contributed by atoms with Gasteiger partial charge in [0.05, 0.1) is 23.7 Å². The van der Waals surface area contributed by atoms with Gasteiger partial charge in [-0.1, -0.05) is 66.6 Å². The summed E-state index contributed by atoms with van der Waals surface area (Å²) in [7, 11) is -4.62. The zero-order valence-electron chi connectivity index (χ0n) is 26.6. The average molecular weight is 623 g/mol. The molecule has 1 aromatic carbocycles. The first-order valence-electron chi connectivity index (χ1n) is 15.2. The van der Waals surface area contributed by atoms with Crippen molar-refractivity contribution >= 4 is 55.9 Å². The Morgan fingerprint density at radius 2 is 1.81 bits per heavy atom. The lowest BCUT2D eigenvalue weighted by atomic mass is 9.94. The quantitative estimate of drug-likeness (QED) is 0.0493. The van der Waals surface area contributed by atoms with Gasteiger partial charge in [0.1, 0.15) is 21.3 Å². The highest BCUT2D eigenvalue weighted by Gasteiger charge is 2.34. The molecule has 0 bridgehead atoms. The predicted molar refractivity (Wildman–Crippen MR) is 177 cm³/mol. The average Bonchev–Trinajstić information content (AvgIpc) is 2.89. The maximum Gasteiger partial charge on any atom is 0.297 e. The molecular formula is C31H50N4O5S2. The highest BCUT2D eigenvalue weighted by atomic mass is 32.2. The lowest BCUT2D eigenvalue weighted by molar-refractivity contribution is -0.113. The van der Waals surface area contributed by atoms with Crippen LogP contribution in [0.1, 0.15) is 106 Å². The first-order chi connectivity index (χ1) is 19.7. The number of ketones is 1. The highest BCUT2D eigenvalue weighted by Crippen LogP contribution is 2.46. The molecule has 2 N–H and O–H groups in total. The Bertz CT molecular complexity index is 1270. The van der Waals surface area contributed by atoms with E-state index in [1.807, 2.05) is 27.7 Å². The van der Waals surface area contributed by atoms with Crippen LogP contribution in [0.4, 0.5) is 11.4 Å². The molecule has 0 fully saturated rings. The number of hydrogen-bond acceptors (Lipinski definition) is 8. The van der Waals surface area contributed by atoms with Crippen LogP contribution in [-0.4, -0.2) is 54.4 Å². The standard InChI is InChI=1S/C31H50N4O5S2/c1-9-11-15-35-22(7)13-14-24-29(35)28(40-16-12-10-2)19-26(31(24)42(37,38)39)34-33-23(8)32-25(17-20(3)4)30(41)27(36)18-21(5)6/h19-22,34H,9-18H2,1-8H3,(H,37,38,39). The van der Waals surface area contributed by atoms with Crippen molar-refractivity contribution in [3.8, 4) is 5.75 Å². The molecule has 0 saturated carbocycles. The Morgan fingerprint density at radius 3 is 2.38 bits per heavy atom. The SMILES string of the molecule is CCCCOc1cc(NN=C(C)N=C(CC(C)C)C(=S)C(=O)CC(C)C)c(S(=O)(=O)O)c2c1N(CCCC)C(C)CC2. The number of nitrogens with one attached hydrogen (secondary N) is 1. The number of unbranched alkanes of at least 4 members (excludes halogenated alkanes) is 2. The number of rotatable bonds is 16. The van der Waals surface area contributed by atoms with Gasteiger partial charge in [0.2, 0.25) is 0 Å². The van der Waals surface area contributed by atoms with Crippen molar-refractivity contribution in [1.82, 2.24) is 0 Å². The van der Waals surface area contributed by atoms with Crippen molar-refractivity contribution in [3.63, 3.8) is 0 Å². The van der Waals surface area contributed by atoms with Crippen molar-refractivity contribution in [2.24, 2.45) is 21.9 Å². The van der Waals surface area contributed by atoms with Crippen LogP contribution in [0.2, 0.25) is 0 Å². The third-order valence-corrected chi connectivity index (χ3v) is 8.50. The lowest BCUT2D eigenvalue weighted by Crippen LogP contribution is -2.39. The molecule has 1 aromatic rings. The maximum absolute atomic E-state index is 12.8. The molecule has 0 radical (unpaired) electrons. The second kappa shape index (κ2) is 16.5. The van der Waals surface area contributed by atoms with Crippen LogP contribution < -0.4 is 15.1 Å². The van der Waals surface area contributed by atoms with Crippen LogP contribution in [0, 0.1) is 11.8 Å². The Balaban J connectivity index is 2.63. The second-order valence-electron chi connectivity index (χ2n) is 12.0. The molecule has 1 unspecified atom stereocenters. The van der Waals surface area contributed by atoms with Gasteiger partial charge in [-0.25, -0.2) is 4.99 Å². The molecule has 236 valence electrons. The lowest BCUT2D eigenvalue weighted by Gasteiger charge is -2.39. The van der Waals surface area contributed by atoms with Crippen LogP contribution in [0.15, 0.2) is 21.1 Å². The maximum atomic E-state index is 12.8. The van der Waals surface area contributed by atoms with E-state index in [4.69, 9.17) is 17.0 Å². The number of nitrogens with zero attached hydrogens (tertiary/aromatic N) is 3. The Labute approximate surface area is 258 Å². The summed E-state index contributed by atoms with van der Waals surface area (Å²) in [6.07, 6.45) is 5.80. The van der Waals surface area contributed by atoms with Gasteiger partial charge in [0.15, 0.2) is 5.78 Å². The molecule has 0 amide bonds. The molecule has 1 aliphatic heterocycles. The van der Waals surface area contributed by atoms with Gasteiger partial charge in [0.25, 0.3) is 10.1 Å². The van der Waals surface area contributed by atoms with E-state index in [0.29, 0.717) is 42.9 Å². The Morgan fingerprint density at radius 1 is 1.17 bits per heavy atom. The van der Waals surface area contributed by atoms with Crippen LogP contribution in [-0.2, 0) is 21.3 Å². The van der Waals surface area contributed by atoms with Crippen molar-refractivity contribution in [1.29, 1.82) is 0 Å².